The number of thiazole rings is 1. The van der Waals surface area contributed by atoms with Crippen LogP contribution in [0.2, 0.25) is 0 Å². The number of amides is 1. The van der Waals surface area contributed by atoms with E-state index >= 15 is 0 Å². The fraction of sp³-hybridized carbons (Fsp3) is 0.300. The van der Waals surface area contributed by atoms with Crippen molar-refractivity contribution < 1.29 is 19.1 Å². The minimum atomic E-state index is -0.130. The van der Waals surface area contributed by atoms with Gasteiger partial charge in [0.25, 0.3) is 5.91 Å². The molecule has 1 amide bonds. The van der Waals surface area contributed by atoms with Crippen LogP contribution in [-0.2, 0) is 4.74 Å². The maximum Gasteiger partial charge on any atom is 0.260 e. The lowest BCUT2D eigenvalue weighted by atomic mass is 10.0. The zero-order valence-electron chi connectivity index (χ0n) is 21.9. The maximum absolute atomic E-state index is 13.8. The first-order valence-corrected chi connectivity index (χ1v) is 13.8. The van der Waals surface area contributed by atoms with Gasteiger partial charge >= 0.3 is 0 Å². The lowest BCUT2D eigenvalue weighted by Gasteiger charge is -2.27. The summed E-state index contributed by atoms with van der Waals surface area (Å²) in [5, 5.41) is 0.657. The van der Waals surface area contributed by atoms with Crippen LogP contribution in [-0.4, -0.2) is 67.6 Å². The van der Waals surface area contributed by atoms with E-state index in [-0.39, 0.29) is 24.1 Å². The number of carbonyl (C=O) groups excluding carboxylic acids is 2. The third-order valence-electron chi connectivity index (χ3n) is 6.53. The second-order valence-electron chi connectivity index (χ2n) is 9.10. The number of benzene rings is 3. The molecule has 0 bridgehead atoms. The molecule has 0 atom stereocenters. The average molecular weight is 566 g/mol. The lowest BCUT2D eigenvalue weighted by Crippen LogP contribution is -2.39. The van der Waals surface area contributed by atoms with E-state index < -0.39 is 0 Å². The SMILES string of the molecule is CCOc1ccc2nc(N(CCCN3CCOCC3)C(=O)c3ccc(C(=O)c4ccccc4)cc3)sc2c1.Cl. The van der Waals surface area contributed by atoms with Gasteiger partial charge in [0, 0.05) is 42.9 Å². The first-order chi connectivity index (χ1) is 18.6. The van der Waals surface area contributed by atoms with Crippen LogP contribution in [0.15, 0.2) is 72.8 Å². The Morgan fingerprint density at radius 2 is 1.67 bits per heavy atom. The highest BCUT2D eigenvalue weighted by Gasteiger charge is 2.22. The van der Waals surface area contributed by atoms with Crippen LogP contribution in [0.25, 0.3) is 10.2 Å². The predicted molar refractivity (Wildman–Crippen MR) is 158 cm³/mol. The van der Waals surface area contributed by atoms with E-state index in [1.54, 1.807) is 41.3 Å². The molecule has 2 heterocycles. The van der Waals surface area contributed by atoms with E-state index in [9.17, 15) is 9.59 Å². The largest absolute Gasteiger partial charge is 0.494 e. The Morgan fingerprint density at radius 3 is 2.38 bits per heavy atom. The summed E-state index contributed by atoms with van der Waals surface area (Å²) in [5.41, 5.74) is 2.53. The van der Waals surface area contributed by atoms with Gasteiger partial charge in [-0.1, -0.05) is 53.8 Å². The Morgan fingerprint density at radius 1 is 0.974 bits per heavy atom. The fourth-order valence-electron chi connectivity index (χ4n) is 4.50. The van der Waals surface area contributed by atoms with Crippen LogP contribution in [0.1, 0.15) is 39.6 Å². The summed E-state index contributed by atoms with van der Waals surface area (Å²) in [6.45, 7) is 7.28. The van der Waals surface area contributed by atoms with Gasteiger partial charge in [-0.3, -0.25) is 19.4 Å². The zero-order chi connectivity index (χ0) is 26.3. The highest BCUT2D eigenvalue weighted by molar-refractivity contribution is 7.22. The molecule has 7 nitrogen and oxygen atoms in total. The second-order valence-corrected chi connectivity index (χ2v) is 10.1. The monoisotopic (exact) mass is 565 g/mol. The van der Waals surface area contributed by atoms with Crippen LogP contribution in [0.3, 0.4) is 0 Å². The Bertz CT molecular complexity index is 1390. The van der Waals surface area contributed by atoms with E-state index in [0.29, 0.717) is 35.0 Å². The van der Waals surface area contributed by atoms with Gasteiger partial charge in [0.1, 0.15) is 5.75 Å². The highest BCUT2D eigenvalue weighted by atomic mass is 35.5. The summed E-state index contributed by atoms with van der Waals surface area (Å²) in [7, 11) is 0. The van der Waals surface area contributed by atoms with Gasteiger partial charge in [-0.15, -0.1) is 12.4 Å². The minimum absolute atomic E-state index is 0. The molecule has 1 aliphatic heterocycles. The molecule has 1 aliphatic rings. The number of morpholine rings is 1. The van der Waals surface area contributed by atoms with Crippen molar-refractivity contribution in [2.75, 3.05) is 50.9 Å². The summed E-state index contributed by atoms with van der Waals surface area (Å²) in [6, 6.07) is 21.9. The Hall–Kier alpha value is -3.30. The number of nitrogens with zero attached hydrogens (tertiary/aromatic N) is 3. The Kier molecular flexibility index (Phi) is 10.1. The van der Waals surface area contributed by atoms with Gasteiger partial charge in [0.15, 0.2) is 10.9 Å². The van der Waals surface area contributed by atoms with E-state index in [0.717, 1.165) is 55.2 Å². The van der Waals surface area contributed by atoms with Crippen molar-refractivity contribution in [3.8, 4) is 5.75 Å². The highest BCUT2D eigenvalue weighted by Crippen LogP contribution is 2.32. The summed E-state index contributed by atoms with van der Waals surface area (Å²) >= 11 is 1.49. The molecule has 0 N–H and O–H groups in total. The number of rotatable bonds is 10. The molecule has 1 fully saturated rings. The molecule has 5 rings (SSSR count). The van der Waals surface area contributed by atoms with Gasteiger partial charge in [-0.2, -0.15) is 0 Å². The number of hydrogen-bond donors (Lipinski definition) is 0. The van der Waals surface area contributed by atoms with Gasteiger partial charge in [-0.05, 0) is 43.7 Å². The third kappa shape index (κ3) is 7.02. The van der Waals surface area contributed by atoms with Gasteiger partial charge < -0.3 is 9.47 Å². The molecule has 39 heavy (non-hydrogen) atoms. The molecule has 0 spiro atoms. The molecule has 0 radical (unpaired) electrons. The van der Waals surface area contributed by atoms with Crippen molar-refractivity contribution in [3.63, 3.8) is 0 Å². The summed E-state index contributed by atoms with van der Waals surface area (Å²) in [5.74, 6) is 0.595. The summed E-state index contributed by atoms with van der Waals surface area (Å²) in [6.07, 6.45) is 0.816. The standard InChI is InChI=1S/C30H31N3O4S.ClH/c1-2-37-25-13-14-26-27(21-25)38-30(31-26)33(16-6-15-32-17-19-36-20-18-32)29(35)24-11-9-23(10-12-24)28(34)22-7-4-3-5-8-22;/h3-5,7-14,21H,2,6,15-20H2,1H3;1H. The maximum atomic E-state index is 13.8. The van der Waals surface area contributed by atoms with Gasteiger partial charge in [0.05, 0.1) is 30.0 Å². The molecule has 0 unspecified atom stereocenters. The minimum Gasteiger partial charge on any atom is -0.494 e. The number of ether oxygens (including phenoxy) is 2. The number of ketones is 1. The average Bonchev–Trinajstić information content (AvgIpc) is 3.39. The molecular formula is C30H32ClN3O4S. The number of hydrogen-bond acceptors (Lipinski definition) is 7. The van der Waals surface area contributed by atoms with Crippen molar-refractivity contribution in [1.29, 1.82) is 0 Å². The zero-order valence-corrected chi connectivity index (χ0v) is 23.5. The van der Waals surface area contributed by atoms with Gasteiger partial charge in [0.2, 0.25) is 0 Å². The van der Waals surface area contributed by atoms with Crippen molar-refractivity contribution in [2.24, 2.45) is 0 Å². The molecule has 3 aromatic carbocycles. The van der Waals surface area contributed by atoms with E-state index in [4.69, 9.17) is 14.5 Å². The molecule has 204 valence electrons. The summed E-state index contributed by atoms with van der Waals surface area (Å²) in [4.78, 5) is 35.5. The van der Waals surface area contributed by atoms with Crippen LogP contribution in [0, 0.1) is 0 Å². The van der Waals surface area contributed by atoms with Crippen molar-refractivity contribution >= 4 is 50.8 Å². The smallest absolute Gasteiger partial charge is 0.260 e. The van der Waals surface area contributed by atoms with Crippen LogP contribution >= 0.6 is 23.7 Å². The molecule has 1 saturated heterocycles. The van der Waals surface area contributed by atoms with Crippen molar-refractivity contribution in [2.45, 2.75) is 13.3 Å². The lowest BCUT2D eigenvalue weighted by molar-refractivity contribution is 0.0376. The van der Waals surface area contributed by atoms with Crippen molar-refractivity contribution in [1.82, 2.24) is 9.88 Å². The molecule has 0 aliphatic carbocycles. The fourth-order valence-corrected chi connectivity index (χ4v) is 5.52. The Labute approximate surface area is 238 Å². The topological polar surface area (TPSA) is 72.0 Å². The van der Waals surface area contributed by atoms with Crippen LogP contribution < -0.4 is 9.64 Å². The molecule has 0 saturated carbocycles. The number of anilines is 1. The van der Waals surface area contributed by atoms with Crippen LogP contribution in [0.4, 0.5) is 5.13 Å². The van der Waals surface area contributed by atoms with E-state index in [1.165, 1.54) is 11.3 Å². The normalized spacial score (nSPS) is 13.6. The second kappa shape index (κ2) is 13.7. The first-order valence-electron chi connectivity index (χ1n) is 13.0. The summed E-state index contributed by atoms with van der Waals surface area (Å²) < 4.78 is 12.1. The van der Waals surface area contributed by atoms with Crippen LogP contribution in [0.5, 0.6) is 5.75 Å². The first kappa shape index (κ1) is 28.7. The van der Waals surface area contributed by atoms with E-state index in [1.807, 2.05) is 43.3 Å². The quantitative estimate of drug-likeness (QED) is 0.229. The molecular weight excluding hydrogens is 534 g/mol. The third-order valence-corrected chi connectivity index (χ3v) is 7.57. The molecule has 9 heteroatoms. The van der Waals surface area contributed by atoms with Gasteiger partial charge in [-0.25, -0.2) is 4.98 Å². The Balaban J connectivity index is 0.00000353. The molecule has 1 aromatic heterocycles. The molecule has 4 aromatic rings. The number of aromatic nitrogens is 1. The predicted octanol–water partition coefficient (Wildman–Crippen LogP) is 5.72. The number of halogens is 1. The van der Waals surface area contributed by atoms with Crippen molar-refractivity contribution in [3.05, 3.63) is 89.5 Å². The number of carbonyl (C=O) groups is 2. The number of fused-ring (bicyclic) bond motifs is 1. The van der Waals surface area contributed by atoms with E-state index in [2.05, 4.69) is 4.90 Å².